The molecule has 2 aliphatic heterocycles. The summed E-state index contributed by atoms with van der Waals surface area (Å²) in [6.45, 7) is 7.22. The number of amides is 1. The lowest BCUT2D eigenvalue weighted by molar-refractivity contribution is 0.0193. The van der Waals surface area contributed by atoms with Gasteiger partial charge in [0, 0.05) is 19.5 Å². The van der Waals surface area contributed by atoms with Crippen molar-refractivity contribution < 1.29 is 14.3 Å². The minimum absolute atomic E-state index is 0.119. The Labute approximate surface area is 146 Å². The average Bonchev–Trinajstić information content (AvgIpc) is 3.16. The third-order valence-corrected chi connectivity index (χ3v) is 4.37. The number of hydrogen-bond acceptors (Lipinski definition) is 5. The van der Waals surface area contributed by atoms with Gasteiger partial charge in [-0.1, -0.05) is 18.2 Å². The van der Waals surface area contributed by atoms with Crippen LogP contribution in [0, 0.1) is 0 Å². The molecule has 1 amide bonds. The number of fused-ring (bicyclic) bond motifs is 2. The molecule has 2 aliphatic rings. The first kappa shape index (κ1) is 15.9. The van der Waals surface area contributed by atoms with Crippen molar-refractivity contribution in [2.45, 2.75) is 52.0 Å². The molecule has 1 aromatic heterocycles. The summed E-state index contributed by atoms with van der Waals surface area (Å²) in [6, 6.07) is 8.04. The van der Waals surface area contributed by atoms with Crippen LogP contribution in [0.5, 0.6) is 5.75 Å². The average molecular weight is 342 g/mol. The van der Waals surface area contributed by atoms with Crippen molar-refractivity contribution in [1.29, 1.82) is 0 Å². The highest BCUT2D eigenvalue weighted by atomic mass is 16.6. The van der Waals surface area contributed by atoms with Gasteiger partial charge in [-0.15, -0.1) is 10.2 Å². The van der Waals surface area contributed by atoms with E-state index in [1.165, 1.54) is 5.56 Å². The highest BCUT2D eigenvalue weighted by Gasteiger charge is 2.33. The zero-order valence-electron chi connectivity index (χ0n) is 14.7. The molecule has 0 fully saturated rings. The van der Waals surface area contributed by atoms with Crippen molar-refractivity contribution in [2.24, 2.45) is 0 Å². The highest BCUT2D eigenvalue weighted by Crippen LogP contribution is 2.36. The van der Waals surface area contributed by atoms with Gasteiger partial charge in [0.05, 0.1) is 6.54 Å². The van der Waals surface area contributed by atoms with Gasteiger partial charge in [0.15, 0.2) is 17.8 Å². The van der Waals surface area contributed by atoms with E-state index in [1.807, 2.05) is 39.0 Å². The maximum Gasteiger partial charge on any atom is 0.410 e. The lowest BCUT2D eigenvalue weighted by Crippen LogP contribution is -2.42. The Morgan fingerprint density at radius 3 is 2.80 bits per heavy atom. The second-order valence-electron chi connectivity index (χ2n) is 7.45. The Balaban J connectivity index is 1.49. The van der Waals surface area contributed by atoms with Crippen LogP contribution in [0.25, 0.3) is 0 Å². The summed E-state index contributed by atoms with van der Waals surface area (Å²) in [5.74, 6) is 2.51. The molecule has 1 aromatic carbocycles. The number of para-hydroxylation sites is 1. The molecule has 7 nitrogen and oxygen atoms in total. The minimum atomic E-state index is -0.503. The highest BCUT2D eigenvalue weighted by molar-refractivity contribution is 5.68. The van der Waals surface area contributed by atoms with Gasteiger partial charge in [-0.25, -0.2) is 4.79 Å². The molecule has 0 saturated carbocycles. The van der Waals surface area contributed by atoms with E-state index in [0.717, 1.165) is 23.8 Å². The third kappa shape index (κ3) is 3.06. The number of benzene rings is 1. The molecule has 1 atom stereocenters. The molecule has 0 N–H and O–H groups in total. The molecule has 4 rings (SSSR count). The molecule has 0 aliphatic carbocycles. The molecule has 0 bridgehead atoms. The van der Waals surface area contributed by atoms with Crippen molar-refractivity contribution in [3.05, 3.63) is 41.5 Å². The van der Waals surface area contributed by atoms with E-state index >= 15 is 0 Å². The van der Waals surface area contributed by atoms with Crippen LogP contribution >= 0.6 is 0 Å². The number of nitrogens with zero attached hydrogens (tertiary/aromatic N) is 4. The fraction of sp³-hybridized carbons (Fsp3) is 0.500. The second-order valence-corrected chi connectivity index (χ2v) is 7.45. The largest absolute Gasteiger partial charge is 0.482 e. The van der Waals surface area contributed by atoms with Crippen molar-refractivity contribution in [3.8, 4) is 5.75 Å². The summed E-state index contributed by atoms with van der Waals surface area (Å²) >= 11 is 0. The van der Waals surface area contributed by atoms with E-state index in [2.05, 4.69) is 20.8 Å². The molecular formula is C18H22N4O3. The zero-order chi connectivity index (χ0) is 17.6. The smallest absolute Gasteiger partial charge is 0.410 e. The molecular weight excluding hydrogens is 320 g/mol. The number of hydrogen-bond donors (Lipinski definition) is 0. The Morgan fingerprint density at radius 1 is 1.24 bits per heavy atom. The molecule has 3 heterocycles. The van der Waals surface area contributed by atoms with Crippen LogP contribution in [0.15, 0.2) is 24.3 Å². The molecule has 0 spiro atoms. The van der Waals surface area contributed by atoms with E-state index in [4.69, 9.17) is 9.47 Å². The number of carbonyl (C=O) groups is 1. The number of aromatic nitrogens is 3. The molecule has 25 heavy (non-hydrogen) atoms. The predicted octanol–water partition coefficient (Wildman–Crippen LogP) is 2.71. The summed E-state index contributed by atoms with van der Waals surface area (Å²) in [5.41, 5.74) is 0.688. The van der Waals surface area contributed by atoms with Gasteiger partial charge in [-0.2, -0.15) is 0 Å². The van der Waals surface area contributed by atoms with Crippen LogP contribution in [0.2, 0.25) is 0 Å². The van der Waals surface area contributed by atoms with Crippen LogP contribution in [0.1, 0.15) is 44.1 Å². The van der Waals surface area contributed by atoms with Crippen LogP contribution in [0.4, 0.5) is 4.79 Å². The van der Waals surface area contributed by atoms with E-state index in [-0.39, 0.29) is 12.2 Å². The van der Waals surface area contributed by atoms with E-state index in [9.17, 15) is 4.79 Å². The quantitative estimate of drug-likeness (QED) is 0.797. The van der Waals surface area contributed by atoms with Crippen molar-refractivity contribution in [1.82, 2.24) is 19.7 Å². The van der Waals surface area contributed by atoms with Crippen molar-refractivity contribution >= 4 is 6.09 Å². The molecule has 0 saturated heterocycles. The van der Waals surface area contributed by atoms with Crippen molar-refractivity contribution in [2.75, 3.05) is 6.54 Å². The molecule has 0 radical (unpaired) electrons. The standard InChI is InChI=1S/C18H22N4O3/c1-18(2,3)25-17(23)21-8-9-22-15(11-21)19-20-16(22)14-10-12-6-4-5-7-13(12)24-14/h4-7,14H,8-11H2,1-3H3. The summed E-state index contributed by atoms with van der Waals surface area (Å²) in [7, 11) is 0. The third-order valence-electron chi connectivity index (χ3n) is 4.37. The predicted molar refractivity (Wildman–Crippen MR) is 90.2 cm³/mol. The summed E-state index contributed by atoms with van der Waals surface area (Å²) in [5, 5.41) is 8.62. The fourth-order valence-corrected chi connectivity index (χ4v) is 3.23. The van der Waals surface area contributed by atoms with Gasteiger partial charge >= 0.3 is 6.09 Å². The van der Waals surface area contributed by atoms with Gasteiger partial charge in [0.25, 0.3) is 0 Å². The van der Waals surface area contributed by atoms with Gasteiger partial charge in [-0.3, -0.25) is 4.90 Å². The van der Waals surface area contributed by atoms with Crippen LogP contribution < -0.4 is 4.74 Å². The number of ether oxygens (including phenoxy) is 2. The molecule has 1 unspecified atom stereocenters. The normalized spacial score (nSPS) is 19.2. The van der Waals surface area contributed by atoms with Gasteiger partial charge in [0.1, 0.15) is 11.4 Å². The molecule has 2 aromatic rings. The first-order chi connectivity index (χ1) is 11.9. The van der Waals surface area contributed by atoms with Crippen LogP contribution in [-0.2, 0) is 24.2 Å². The number of rotatable bonds is 1. The van der Waals surface area contributed by atoms with Gasteiger partial charge in [0.2, 0.25) is 0 Å². The summed E-state index contributed by atoms with van der Waals surface area (Å²) in [4.78, 5) is 13.9. The maximum atomic E-state index is 12.3. The fourth-order valence-electron chi connectivity index (χ4n) is 3.23. The Hall–Kier alpha value is -2.57. The summed E-state index contributed by atoms with van der Waals surface area (Å²) < 4.78 is 13.5. The Morgan fingerprint density at radius 2 is 2.04 bits per heavy atom. The zero-order valence-corrected chi connectivity index (χ0v) is 14.7. The Bertz CT molecular complexity index is 784. The van der Waals surface area contributed by atoms with Crippen molar-refractivity contribution in [3.63, 3.8) is 0 Å². The SMILES string of the molecule is CC(C)(C)OC(=O)N1CCn2c(nnc2C2Cc3ccccc3O2)C1. The van der Waals surface area contributed by atoms with Gasteiger partial charge in [-0.05, 0) is 32.4 Å². The lowest BCUT2D eigenvalue weighted by atomic mass is 10.1. The Kier molecular flexibility index (Phi) is 3.67. The lowest BCUT2D eigenvalue weighted by Gasteiger charge is -2.30. The maximum absolute atomic E-state index is 12.3. The van der Waals surface area contributed by atoms with Gasteiger partial charge < -0.3 is 14.0 Å². The monoisotopic (exact) mass is 342 g/mol. The van der Waals surface area contributed by atoms with Crippen LogP contribution in [-0.4, -0.2) is 37.9 Å². The van der Waals surface area contributed by atoms with Crippen LogP contribution in [0.3, 0.4) is 0 Å². The van der Waals surface area contributed by atoms with E-state index in [1.54, 1.807) is 4.90 Å². The first-order valence-electron chi connectivity index (χ1n) is 8.55. The minimum Gasteiger partial charge on any atom is -0.482 e. The molecule has 7 heteroatoms. The number of carbonyl (C=O) groups excluding carboxylic acids is 1. The second kappa shape index (κ2) is 5.75. The topological polar surface area (TPSA) is 69.5 Å². The first-order valence-corrected chi connectivity index (χ1v) is 8.55. The van der Waals surface area contributed by atoms with E-state index in [0.29, 0.717) is 19.6 Å². The van der Waals surface area contributed by atoms with E-state index < -0.39 is 5.60 Å². The molecule has 132 valence electrons. The summed E-state index contributed by atoms with van der Waals surface area (Å²) in [6.07, 6.45) is 0.365.